The second-order valence-corrected chi connectivity index (χ2v) is 4.98. The maximum absolute atomic E-state index is 11.5. The molecule has 1 aromatic heterocycles. The number of amides is 1. The first-order chi connectivity index (χ1) is 9.10. The Morgan fingerprint density at radius 3 is 2.84 bits per heavy atom. The summed E-state index contributed by atoms with van der Waals surface area (Å²) in [6.45, 7) is 6.27. The fraction of sp³-hybridized carbons (Fsp3) is 0.615. The lowest BCUT2D eigenvalue weighted by Crippen LogP contribution is -2.35. The van der Waals surface area contributed by atoms with E-state index in [0.29, 0.717) is 19.6 Å². The molecule has 0 bridgehead atoms. The summed E-state index contributed by atoms with van der Waals surface area (Å²) in [6, 6.07) is 1.93. The molecule has 0 aromatic carbocycles. The maximum Gasteiger partial charge on any atom is 0.219 e. The van der Waals surface area contributed by atoms with E-state index < -0.39 is 0 Å². The highest BCUT2D eigenvalue weighted by molar-refractivity contribution is 5.73. The molecule has 104 valence electrons. The molecule has 1 aromatic rings. The van der Waals surface area contributed by atoms with E-state index >= 15 is 0 Å². The average Bonchev–Trinajstić information content (AvgIpc) is 2.61. The highest BCUT2D eigenvalue weighted by atomic mass is 16.3. The molecule has 0 saturated carbocycles. The van der Waals surface area contributed by atoms with Crippen molar-refractivity contribution in [2.24, 2.45) is 5.92 Å². The van der Waals surface area contributed by atoms with Crippen LogP contribution in [0.2, 0.25) is 0 Å². The quantitative estimate of drug-likeness (QED) is 0.818. The summed E-state index contributed by atoms with van der Waals surface area (Å²) in [6.07, 6.45) is 1.55. The number of carbonyl (C=O) groups excluding carboxylic acids is 1. The molecule has 0 spiro atoms. The predicted molar refractivity (Wildman–Crippen MR) is 71.8 cm³/mol. The molecule has 6 heteroatoms. The predicted octanol–water partition coefficient (Wildman–Crippen LogP) is 0.0620. The van der Waals surface area contributed by atoms with E-state index in [9.17, 15) is 9.90 Å². The molecule has 1 aliphatic heterocycles. The molecule has 1 fully saturated rings. The second kappa shape index (κ2) is 5.97. The van der Waals surface area contributed by atoms with Gasteiger partial charge in [0, 0.05) is 57.4 Å². The molecule has 1 amide bonds. The van der Waals surface area contributed by atoms with E-state index in [1.54, 1.807) is 18.2 Å². The molecule has 6 nitrogen and oxygen atoms in total. The Morgan fingerprint density at radius 1 is 1.42 bits per heavy atom. The van der Waals surface area contributed by atoms with Gasteiger partial charge in [0.1, 0.15) is 12.1 Å². The van der Waals surface area contributed by atoms with E-state index in [1.165, 1.54) is 0 Å². The van der Waals surface area contributed by atoms with Crippen LogP contribution in [0.15, 0.2) is 12.4 Å². The minimum absolute atomic E-state index is 0.0548. The Kier molecular flexibility index (Phi) is 4.31. The Hall–Kier alpha value is -1.69. The summed E-state index contributed by atoms with van der Waals surface area (Å²) in [4.78, 5) is 23.8. The highest BCUT2D eigenvalue weighted by Crippen LogP contribution is 2.16. The normalized spacial score (nSPS) is 20.3. The van der Waals surface area contributed by atoms with Crippen molar-refractivity contribution < 1.29 is 9.90 Å². The highest BCUT2D eigenvalue weighted by Gasteiger charge is 2.24. The maximum atomic E-state index is 11.5. The van der Waals surface area contributed by atoms with Crippen LogP contribution in [0, 0.1) is 12.8 Å². The first-order valence-corrected chi connectivity index (χ1v) is 6.50. The van der Waals surface area contributed by atoms with Crippen LogP contribution in [-0.2, 0) is 4.79 Å². The van der Waals surface area contributed by atoms with Crippen LogP contribution < -0.4 is 4.90 Å². The van der Waals surface area contributed by atoms with Gasteiger partial charge in [-0.25, -0.2) is 9.97 Å². The molecule has 2 heterocycles. The van der Waals surface area contributed by atoms with E-state index in [0.717, 1.165) is 18.1 Å². The first kappa shape index (κ1) is 13.7. The third-order valence-corrected chi connectivity index (χ3v) is 3.41. The molecule has 1 aliphatic rings. The van der Waals surface area contributed by atoms with Crippen molar-refractivity contribution in [2.45, 2.75) is 13.8 Å². The molecule has 1 N–H and O–H groups in total. The van der Waals surface area contributed by atoms with Gasteiger partial charge in [-0.05, 0) is 6.92 Å². The van der Waals surface area contributed by atoms with Crippen molar-refractivity contribution in [3.05, 3.63) is 18.1 Å². The number of aromatic nitrogens is 2. The van der Waals surface area contributed by atoms with E-state index in [-0.39, 0.29) is 18.4 Å². The van der Waals surface area contributed by atoms with Crippen molar-refractivity contribution in [3.63, 3.8) is 0 Å². The van der Waals surface area contributed by atoms with Crippen LogP contribution in [-0.4, -0.2) is 58.7 Å². The monoisotopic (exact) mass is 264 g/mol. The number of nitrogens with zero attached hydrogens (tertiary/aromatic N) is 4. The van der Waals surface area contributed by atoms with Gasteiger partial charge >= 0.3 is 0 Å². The van der Waals surface area contributed by atoms with E-state index in [1.807, 2.05) is 13.0 Å². The third-order valence-electron chi connectivity index (χ3n) is 3.41. The summed E-state index contributed by atoms with van der Waals surface area (Å²) in [5.41, 5.74) is 0.915. The number of carbonyl (C=O) groups is 1. The molecule has 0 radical (unpaired) electrons. The molecular formula is C13H20N4O2. The largest absolute Gasteiger partial charge is 0.396 e. The Morgan fingerprint density at radius 2 is 2.21 bits per heavy atom. The van der Waals surface area contributed by atoms with Gasteiger partial charge in [0.15, 0.2) is 0 Å². The number of hydrogen-bond donors (Lipinski definition) is 1. The molecule has 0 unspecified atom stereocenters. The van der Waals surface area contributed by atoms with Crippen molar-refractivity contribution in [1.82, 2.24) is 14.9 Å². The van der Waals surface area contributed by atoms with Crippen molar-refractivity contribution >= 4 is 11.7 Å². The molecule has 19 heavy (non-hydrogen) atoms. The summed E-state index contributed by atoms with van der Waals surface area (Å²) in [5, 5.41) is 9.44. The number of aliphatic hydroxyl groups is 1. The lowest BCUT2D eigenvalue weighted by atomic mass is 10.1. The zero-order valence-corrected chi connectivity index (χ0v) is 11.4. The lowest BCUT2D eigenvalue weighted by Gasteiger charge is -2.23. The molecule has 1 saturated heterocycles. The van der Waals surface area contributed by atoms with Gasteiger partial charge in [-0.1, -0.05) is 0 Å². The van der Waals surface area contributed by atoms with Crippen LogP contribution in [0.1, 0.15) is 12.6 Å². The summed E-state index contributed by atoms with van der Waals surface area (Å²) < 4.78 is 0. The zero-order valence-electron chi connectivity index (χ0n) is 11.4. The third kappa shape index (κ3) is 3.41. The van der Waals surface area contributed by atoms with Gasteiger partial charge in [-0.15, -0.1) is 0 Å². The number of aliphatic hydroxyl groups excluding tert-OH is 1. The van der Waals surface area contributed by atoms with Crippen LogP contribution in [0.4, 0.5) is 5.82 Å². The van der Waals surface area contributed by atoms with Gasteiger partial charge in [0.2, 0.25) is 5.91 Å². The van der Waals surface area contributed by atoms with E-state index in [2.05, 4.69) is 14.9 Å². The number of aryl methyl sites for hydroxylation is 1. The first-order valence-electron chi connectivity index (χ1n) is 6.50. The Balaban J connectivity index is 2.16. The van der Waals surface area contributed by atoms with Crippen molar-refractivity contribution in [1.29, 1.82) is 0 Å². The lowest BCUT2D eigenvalue weighted by molar-refractivity contribution is -0.129. The smallest absolute Gasteiger partial charge is 0.219 e. The fourth-order valence-electron chi connectivity index (χ4n) is 2.33. The van der Waals surface area contributed by atoms with Crippen LogP contribution in [0.5, 0.6) is 0 Å². The van der Waals surface area contributed by atoms with Crippen LogP contribution in [0.25, 0.3) is 0 Å². The molecule has 2 rings (SSSR count). The number of hydrogen-bond acceptors (Lipinski definition) is 5. The zero-order chi connectivity index (χ0) is 13.8. The van der Waals surface area contributed by atoms with Gasteiger partial charge in [0.05, 0.1) is 0 Å². The number of rotatable bonds is 2. The van der Waals surface area contributed by atoms with Gasteiger partial charge in [-0.3, -0.25) is 4.79 Å². The molecule has 0 aliphatic carbocycles. The SMILES string of the molecule is CC(=O)N1CCN(c2cc(C)ncn2)C[C@H](CO)C1. The molecular weight excluding hydrogens is 244 g/mol. The van der Waals surface area contributed by atoms with Crippen molar-refractivity contribution in [3.8, 4) is 0 Å². The summed E-state index contributed by atoms with van der Waals surface area (Å²) in [5.74, 6) is 0.970. The van der Waals surface area contributed by atoms with Crippen LogP contribution in [0.3, 0.4) is 0 Å². The van der Waals surface area contributed by atoms with Gasteiger partial charge < -0.3 is 14.9 Å². The topological polar surface area (TPSA) is 69.6 Å². The standard InChI is InChI=1S/C13H20N4O2/c1-10-5-13(15-9-14-10)17-4-3-16(11(2)19)6-12(7-17)8-18/h5,9,12,18H,3-4,6-8H2,1-2H3/t12-/m1/s1. The van der Waals surface area contributed by atoms with Gasteiger partial charge in [-0.2, -0.15) is 0 Å². The average molecular weight is 264 g/mol. The van der Waals surface area contributed by atoms with Crippen molar-refractivity contribution in [2.75, 3.05) is 37.7 Å². The van der Waals surface area contributed by atoms with E-state index in [4.69, 9.17) is 0 Å². The minimum Gasteiger partial charge on any atom is -0.396 e. The fourth-order valence-corrected chi connectivity index (χ4v) is 2.33. The number of anilines is 1. The second-order valence-electron chi connectivity index (χ2n) is 4.98. The minimum atomic E-state index is 0.0548. The molecule has 1 atom stereocenters. The van der Waals surface area contributed by atoms with Gasteiger partial charge in [0.25, 0.3) is 0 Å². The van der Waals surface area contributed by atoms with Crippen LogP contribution >= 0.6 is 0 Å². The Bertz CT molecular complexity index is 452. The Labute approximate surface area is 113 Å². The summed E-state index contributed by atoms with van der Waals surface area (Å²) in [7, 11) is 0. The summed E-state index contributed by atoms with van der Waals surface area (Å²) >= 11 is 0.